The lowest BCUT2D eigenvalue weighted by Crippen LogP contribution is -3.16. The van der Waals surface area contributed by atoms with Crippen LogP contribution in [0.1, 0.15) is 39.2 Å². The highest BCUT2D eigenvalue weighted by Crippen LogP contribution is 2.25. The van der Waals surface area contributed by atoms with Crippen molar-refractivity contribution in [3.63, 3.8) is 0 Å². The Kier molecular flexibility index (Phi) is 6.24. The van der Waals surface area contributed by atoms with Crippen LogP contribution in [0, 0.1) is 0 Å². The highest BCUT2D eigenvalue weighted by molar-refractivity contribution is 5.35. The largest absolute Gasteiger partial charge is 0.490 e. The maximum absolute atomic E-state index is 10.3. The van der Waals surface area contributed by atoms with Gasteiger partial charge >= 0.3 is 0 Å². The lowest BCUT2D eigenvalue weighted by molar-refractivity contribution is -0.918. The third-order valence-electron chi connectivity index (χ3n) is 4.11. The number of rotatable bonds is 6. The summed E-state index contributed by atoms with van der Waals surface area (Å²) in [6.07, 6.45) is 0.0646. The smallest absolute Gasteiger partial charge is 0.137 e. The van der Waals surface area contributed by atoms with E-state index in [4.69, 9.17) is 9.47 Å². The van der Waals surface area contributed by atoms with Crippen molar-refractivity contribution in [2.75, 3.05) is 26.2 Å². The van der Waals surface area contributed by atoms with Crippen LogP contribution in [-0.2, 0) is 4.74 Å². The maximum atomic E-state index is 10.3. The van der Waals surface area contributed by atoms with Crippen LogP contribution < -0.4 is 9.64 Å². The molecule has 4 nitrogen and oxygen atoms in total. The molecule has 0 aromatic heterocycles. The predicted octanol–water partition coefficient (Wildman–Crippen LogP) is 1.24. The van der Waals surface area contributed by atoms with E-state index in [0.29, 0.717) is 19.1 Å². The molecule has 0 spiro atoms. The standard InChI is InChI=1S/C18H29NO3/c1-13(2)17-7-5-6-8-18(17)21-12-16(20)11-19-9-14(3)22-15(4)10-19/h5-8,13-16,20H,9-12H2,1-4H3/p+1. The van der Waals surface area contributed by atoms with Crippen LogP contribution in [0.15, 0.2) is 24.3 Å². The zero-order valence-electron chi connectivity index (χ0n) is 14.2. The number of quaternary nitrogens is 1. The van der Waals surface area contributed by atoms with Crippen molar-refractivity contribution in [3.05, 3.63) is 29.8 Å². The Balaban J connectivity index is 1.84. The number of nitrogens with one attached hydrogen (secondary N) is 1. The molecule has 124 valence electrons. The number of aliphatic hydroxyl groups is 1. The second-order valence-corrected chi connectivity index (χ2v) is 6.78. The molecule has 1 fully saturated rings. The van der Waals surface area contributed by atoms with Crippen LogP contribution in [0.5, 0.6) is 5.75 Å². The molecule has 3 unspecified atom stereocenters. The van der Waals surface area contributed by atoms with E-state index in [2.05, 4.69) is 33.8 Å². The average molecular weight is 308 g/mol. The van der Waals surface area contributed by atoms with Gasteiger partial charge in [-0.1, -0.05) is 32.0 Å². The predicted molar refractivity (Wildman–Crippen MR) is 87.6 cm³/mol. The quantitative estimate of drug-likeness (QED) is 0.831. The van der Waals surface area contributed by atoms with Gasteiger partial charge in [-0.05, 0) is 31.4 Å². The molecule has 4 heteroatoms. The average Bonchev–Trinajstić information content (AvgIpc) is 2.44. The van der Waals surface area contributed by atoms with Crippen LogP contribution in [0.4, 0.5) is 0 Å². The summed E-state index contributed by atoms with van der Waals surface area (Å²) in [6, 6.07) is 8.07. The monoisotopic (exact) mass is 308 g/mol. The highest BCUT2D eigenvalue weighted by atomic mass is 16.5. The zero-order chi connectivity index (χ0) is 16.1. The van der Waals surface area contributed by atoms with E-state index in [0.717, 1.165) is 18.8 Å². The highest BCUT2D eigenvalue weighted by Gasteiger charge is 2.27. The molecule has 22 heavy (non-hydrogen) atoms. The molecular formula is C18H30NO3+. The van der Waals surface area contributed by atoms with E-state index in [1.807, 2.05) is 18.2 Å². The Morgan fingerprint density at radius 3 is 2.50 bits per heavy atom. The van der Waals surface area contributed by atoms with Gasteiger partial charge in [-0.2, -0.15) is 0 Å². The Labute approximate surface area is 134 Å². The summed E-state index contributed by atoms with van der Waals surface area (Å²) in [5.74, 6) is 1.30. The molecule has 1 aromatic rings. The third kappa shape index (κ3) is 4.97. The number of hydrogen-bond donors (Lipinski definition) is 2. The fourth-order valence-electron chi connectivity index (χ4n) is 3.22. The molecule has 1 aliphatic rings. The Bertz CT molecular complexity index is 453. The number of ether oxygens (including phenoxy) is 2. The molecule has 0 saturated carbocycles. The first-order valence-corrected chi connectivity index (χ1v) is 8.34. The first-order valence-electron chi connectivity index (χ1n) is 8.34. The first kappa shape index (κ1) is 17.3. The lowest BCUT2D eigenvalue weighted by Gasteiger charge is -2.33. The van der Waals surface area contributed by atoms with Gasteiger partial charge in [-0.15, -0.1) is 0 Å². The van der Waals surface area contributed by atoms with Crippen molar-refractivity contribution >= 4 is 0 Å². The van der Waals surface area contributed by atoms with Crippen LogP contribution in [0.25, 0.3) is 0 Å². The molecule has 2 rings (SSSR count). The van der Waals surface area contributed by atoms with Gasteiger partial charge in [0.2, 0.25) is 0 Å². The van der Waals surface area contributed by atoms with Crippen molar-refractivity contribution in [1.82, 2.24) is 0 Å². The second kappa shape index (κ2) is 7.95. The van der Waals surface area contributed by atoms with Gasteiger partial charge in [0.05, 0.1) is 0 Å². The van der Waals surface area contributed by atoms with Gasteiger partial charge in [-0.25, -0.2) is 0 Å². The number of morpholine rings is 1. The van der Waals surface area contributed by atoms with E-state index in [-0.39, 0.29) is 12.2 Å². The molecule has 2 N–H and O–H groups in total. The molecule has 1 saturated heterocycles. The minimum absolute atomic E-state index is 0.258. The van der Waals surface area contributed by atoms with Crippen LogP contribution in [-0.4, -0.2) is 49.7 Å². The Hall–Kier alpha value is -1.10. The fourth-order valence-corrected chi connectivity index (χ4v) is 3.22. The number of para-hydroxylation sites is 1. The first-order chi connectivity index (χ1) is 10.5. The summed E-state index contributed by atoms with van der Waals surface area (Å²) >= 11 is 0. The Morgan fingerprint density at radius 2 is 1.86 bits per heavy atom. The van der Waals surface area contributed by atoms with Crippen molar-refractivity contribution in [1.29, 1.82) is 0 Å². The number of aliphatic hydroxyl groups excluding tert-OH is 1. The van der Waals surface area contributed by atoms with Crippen LogP contribution in [0.2, 0.25) is 0 Å². The molecule has 0 bridgehead atoms. The van der Waals surface area contributed by atoms with Crippen LogP contribution >= 0.6 is 0 Å². The van der Waals surface area contributed by atoms with Gasteiger partial charge < -0.3 is 19.5 Å². The zero-order valence-corrected chi connectivity index (χ0v) is 14.2. The summed E-state index contributed by atoms with van der Waals surface area (Å²) in [7, 11) is 0. The van der Waals surface area contributed by atoms with E-state index >= 15 is 0 Å². The van der Waals surface area contributed by atoms with E-state index in [1.54, 1.807) is 0 Å². The molecule has 0 radical (unpaired) electrons. The SMILES string of the molecule is CC1C[NH+](CC(O)COc2ccccc2C(C)C)CC(C)O1. The molecule has 0 aliphatic carbocycles. The van der Waals surface area contributed by atoms with E-state index in [1.165, 1.54) is 10.5 Å². The van der Waals surface area contributed by atoms with Crippen molar-refractivity contribution in [2.24, 2.45) is 0 Å². The molecule has 0 amide bonds. The minimum atomic E-state index is -0.451. The van der Waals surface area contributed by atoms with Gasteiger partial charge in [0.1, 0.15) is 50.3 Å². The summed E-state index contributed by atoms with van der Waals surface area (Å²) in [5, 5.41) is 10.3. The summed E-state index contributed by atoms with van der Waals surface area (Å²) in [5.41, 5.74) is 1.19. The van der Waals surface area contributed by atoms with Crippen molar-refractivity contribution in [2.45, 2.75) is 51.9 Å². The second-order valence-electron chi connectivity index (χ2n) is 6.78. The molecule has 1 heterocycles. The van der Waals surface area contributed by atoms with Crippen molar-refractivity contribution < 1.29 is 19.5 Å². The Morgan fingerprint density at radius 1 is 1.23 bits per heavy atom. The number of benzene rings is 1. The van der Waals surface area contributed by atoms with E-state index < -0.39 is 6.10 Å². The minimum Gasteiger partial charge on any atom is -0.490 e. The molecule has 1 aliphatic heterocycles. The normalized spacial score (nSPS) is 26.9. The molecule has 1 aromatic carbocycles. The van der Waals surface area contributed by atoms with Gasteiger partial charge in [-0.3, -0.25) is 0 Å². The summed E-state index contributed by atoms with van der Waals surface area (Å²) in [6.45, 7) is 11.4. The van der Waals surface area contributed by atoms with Crippen LogP contribution in [0.3, 0.4) is 0 Å². The van der Waals surface area contributed by atoms with Gasteiger partial charge in [0.25, 0.3) is 0 Å². The third-order valence-corrected chi connectivity index (χ3v) is 4.11. The summed E-state index contributed by atoms with van der Waals surface area (Å²) in [4.78, 5) is 1.39. The number of hydrogen-bond acceptors (Lipinski definition) is 3. The van der Waals surface area contributed by atoms with Crippen molar-refractivity contribution in [3.8, 4) is 5.75 Å². The van der Waals surface area contributed by atoms with Gasteiger partial charge in [0, 0.05) is 0 Å². The fraction of sp³-hybridized carbons (Fsp3) is 0.667. The van der Waals surface area contributed by atoms with Gasteiger partial charge in [0.15, 0.2) is 0 Å². The lowest BCUT2D eigenvalue weighted by atomic mass is 10.0. The summed E-state index contributed by atoms with van der Waals surface area (Å²) < 4.78 is 11.6. The molecular weight excluding hydrogens is 278 g/mol. The topological polar surface area (TPSA) is 43.1 Å². The van der Waals surface area contributed by atoms with E-state index in [9.17, 15) is 5.11 Å². The molecule has 3 atom stereocenters. The maximum Gasteiger partial charge on any atom is 0.137 e.